The Balaban J connectivity index is 3.70. The van der Waals surface area contributed by atoms with Crippen molar-refractivity contribution in [3.63, 3.8) is 0 Å². The van der Waals surface area contributed by atoms with Gasteiger partial charge in [-0.25, -0.2) is 0 Å². The van der Waals surface area contributed by atoms with Crippen LogP contribution in [-0.4, -0.2) is 44.2 Å². The first-order valence-electron chi connectivity index (χ1n) is 4.24. The second kappa shape index (κ2) is 5.56. The first-order chi connectivity index (χ1) is 5.09. The fourth-order valence-corrected chi connectivity index (χ4v) is 1.20. The van der Waals surface area contributed by atoms with Crippen LogP contribution in [0.25, 0.3) is 0 Å². The van der Waals surface area contributed by atoms with Gasteiger partial charge in [0.05, 0.1) is 6.17 Å². The molecular formula is C9H21N2. The molecule has 2 nitrogen and oxygen atoms in total. The summed E-state index contributed by atoms with van der Waals surface area (Å²) in [5, 5.41) is 0. The van der Waals surface area contributed by atoms with Crippen molar-refractivity contribution in [3.05, 3.63) is 6.42 Å². The molecule has 0 aromatic carbocycles. The molecule has 0 unspecified atom stereocenters. The smallest absolute Gasteiger partial charge is 0.0615 e. The minimum atomic E-state index is 0.551. The molecule has 0 aliphatic rings. The largest absolute Gasteiger partial charge is 0.294 e. The Labute approximate surface area is 71.2 Å². The SMILES string of the molecule is CC[CH]CC(N(C)C)N(C)C. The van der Waals surface area contributed by atoms with Gasteiger partial charge >= 0.3 is 0 Å². The second-order valence-corrected chi connectivity index (χ2v) is 3.34. The summed E-state index contributed by atoms with van der Waals surface area (Å²) < 4.78 is 0. The lowest BCUT2D eigenvalue weighted by atomic mass is 10.2. The maximum atomic E-state index is 2.32. The van der Waals surface area contributed by atoms with Crippen molar-refractivity contribution in [1.29, 1.82) is 0 Å². The van der Waals surface area contributed by atoms with Crippen molar-refractivity contribution in [3.8, 4) is 0 Å². The van der Waals surface area contributed by atoms with E-state index in [1.54, 1.807) is 0 Å². The van der Waals surface area contributed by atoms with Crippen molar-refractivity contribution < 1.29 is 0 Å². The summed E-state index contributed by atoms with van der Waals surface area (Å²) >= 11 is 0. The second-order valence-electron chi connectivity index (χ2n) is 3.34. The summed E-state index contributed by atoms with van der Waals surface area (Å²) in [6, 6.07) is 0. The first kappa shape index (κ1) is 10.9. The first-order valence-corrected chi connectivity index (χ1v) is 4.24. The van der Waals surface area contributed by atoms with E-state index in [0.29, 0.717) is 6.17 Å². The van der Waals surface area contributed by atoms with Crippen LogP contribution in [0.1, 0.15) is 19.8 Å². The van der Waals surface area contributed by atoms with E-state index in [1.807, 2.05) is 0 Å². The van der Waals surface area contributed by atoms with Gasteiger partial charge in [0.2, 0.25) is 0 Å². The third-order valence-electron chi connectivity index (χ3n) is 1.86. The maximum Gasteiger partial charge on any atom is 0.0615 e. The summed E-state index contributed by atoms with van der Waals surface area (Å²) in [6.45, 7) is 2.18. The summed E-state index contributed by atoms with van der Waals surface area (Å²) in [5.74, 6) is 0. The van der Waals surface area contributed by atoms with E-state index < -0.39 is 0 Å². The molecule has 0 aromatic rings. The minimum absolute atomic E-state index is 0.551. The number of hydrogen-bond donors (Lipinski definition) is 0. The van der Waals surface area contributed by atoms with Crippen LogP contribution in [0, 0.1) is 6.42 Å². The van der Waals surface area contributed by atoms with Crippen LogP contribution in [0.5, 0.6) is 0 Å². The lowest BCUT2D eigenvalue weighted by Gasteiger charge is -2.30. The van der Waals surface area contributed by atoms with Crippen LogP contribution >= 0.6 is 0 Å². The van der Waals surface area contributed by atoms with Crippen molar-refractivity contribution in [2.24, 2.45) is 0 Å². The van der Waals surface area contributed by atoms with E-state index in [-0.39, 0.29) is 0 Å². The molecule has 0 aliphatic carbocycles. The van der Waals surface area contributed by atoms with Gasteiger partial charge in [0.1, 0.15) is 0 Å². The fourth-order valence-electron chi connectivity index (χ4n) is 1.20. The molecule has 0 fully saturated rings. The van der Waals surface area contributed by atoms with E-state index in [4.69, 9.17) is 0 Å². The lowest BCUT2D eigenvalue weighted by molar-refractivity contribution is 0.128. The molecule has 0 saturated heterocycles. The van der Waals surface area contributed by atoms with Gasteiger partial charge in [-0.2, -0.15) is 0 Å². The summed E-state index contributed by atoms with van der Waals surface area (Å²) in [4.78, 5) is 4.48. The van der Waals surface area contributed by atoms with Crippen LogP contribution < -0.4 is 0 Å². The van der Waals surface area contributed by atoms with Crippen molar-refractivity contribution >= 4 is 0 Å². The third-order valence-corrected chi connectivity index (χ3v) is 1.86. The lowest BCUT2D eigenvalue weighted by Crippen LogP contribution is -2.40. The van der Waals surface area contributed by atoms with Crippen LogP contribution in [0.15, 0.2) is 0 Å². The van der Waals surface area contributed by atoms with Crippen molar-refractivity contribution in [2.45, 2.75) is 25.9 Å². The summed E-state index contributed by atoms with van der Waals surface area (Å²) in [7, 11) is 8.48. The molecule has 0 bridgehead atoms. The number of hydrogen-bond acceptors (Lipinski definition) is 2. The molecule has 0 atom stereocenters. The summed E-state index contributed by atoms with van der Waals surface area (Å²) in [6.07, 6.45) is 5.19. The molecule has 0 aromatic heterocycles. The van der Waals surface area contributed by atoms with Crippen LogP contribution in [0.4, 0.5) is 0 Å². The Morgan fingerprint density at radius 1 is 1.09 bits per heavy atom. The van der Waals surface area contributed by atoms with E-state index in [0.717, 1.165) is 12.8 Å². The predicted molar refractivity (Wildman–Crippen MR) is 50.4 cm³/mol. The maximum absolute atomic E-state index is 2.32. The highest BCUT2D eigenvalue weighted by atomic mass is 15.3. The highest BCUT2D eigenvalue weighted by Crippen LogP contribution is 2.06. The van der Waals surface area contributed by atoms with Gasteiger partial charge < -0.3 is 0 Å². The van der Waals surface area contributed by atoms with E-state index in [2.05, 4.69) is 51.3 Å². The van der Waals surface area contributed by atoms with Gasteiger partial charge in [-0.3, -0.25) is 9.80 Å². The monoisotopic (exact) mass is 157 g/mol. The molecule has 0 N–H and O–H groups in total. The standard InChI is InChI=1S/C9H21N2/c1-6-7-8-9(10(2)3)11(4)5/h7,9H,6,8H2,1-5H3. The zero-order valence-corrected chi connectivity index (χ0v) is 8.46. The number of unbranched alkanes of at least 4 members (excludes halogenated alkanes) is 1. The molecule has 11 heavy (non-hydrogen) atoms. The molecule has 1 radical (unpaired) electrons. The van der Waals surface area contributed by atoms with Gasteiger partial charge in [-0.1, -0.05) is 13.3 Å². The van der Waals surface area contributed by atoms with Gasteiger partial charge in [0.15, 0.2) is 0 Å². The quantitative estimate of drug-likeness (QED) is 0.557. The predicted octanol–water partition coefficient (Wildman–Crippen LogP) is 1.44. The zero-order valence-electron chi connectivity index (χ0n) is 8.46. The van der Waals surface area contributed by atoms with E-state index in [9.17, 15) is 0 Å². The minimum Gasteiger partial charge on any atom is -0.294 e. The number of rotatable bonds is 5. The Kier molecular flexibility index (Phi) is 5.51. The highest BCUT2D eigenvalue weighted by molar-refractivity contribution is 4.72. The molecule has 67 valence electrons. The molecule has 2 heteroatoms. The van der Waals surface area contributed by atoms with Gasteiger partial charge in [0, 0.05) is 0 Å². The van der Waals surface area contributed by atoms with Crippen LogP contribution in [0.2, 0.25) is 0 Å². The Bertz CT molecular complexity index is 81.6. The average Bonchev–Trinajstić information content (AvgIpc) is 1.87. The van der Waals surface area contributed by atoms with Gasteiger partial charge in [0.25, 0.3) is 0 Å². The molecule has 0 saturated carbocycles. The van der Waals surface area contributed by atoms with Gasteiger partial charge in [-0.15, -0.1) is 0 Å². The molecule has 0 aliphatic heterocycles. The Morgan fingerprint density at radius 3 is 1.82 bits per heavy atom. The third kappa shape index (κ3) is 4.38. The Morgan fingerprint density at radius 2 is 1.55 bits per heavy atom. The van der Waals surface area contributed by atoms with E-state index in [1.165, 1.54) is 0 Å². The average molecular weight is 157 g/mol. The fraction of sp³-hybridized carbons (Fsp3) is 0.889. The highest BCUT2D eigenvalue weighted by Gasteiger charge is 2.11. The molecule has 0 heterocycles. The summed E-state index contributed by atoms with van der Waals surface area (Å²) in [5.41, 5.74) is 0. The topological polar surface area (TPSA) is 6.48 Å². The normalized spacial score (nSPS) is 12.0. The zero-order chi connectivity index (χ0) is 8.85. The number of nitrogens with zero attached hydrogens (tertiary/aromatic N) is 2. The van der Waals surface area contributed by atoms with Crippen molar-refractivity contribution in [2.75, 3.05) is 28.2 Å². The van der Waals surface area contributed by atoms with Crippen LogP contribution in [-0.2, 0) is 0 Å². The molecule has 0 spiro atoms. The Hall–Kier alpha value is -0.0800. The van der Waals surface area contributed by atoms with E-state index >= 15 is 0 Å². The van der Waals surface area contributed by atoms with Gasteiger partial charge in [-0.05, 0) is 41.0 Å². The molecule has 0 amide bonds. The molecular weight excluding hydrogens is 136 g/mol. The van der Waals surface area contributed by atoms with Crippen LogP contribution in [0.3, 0.4) is 0 Å². The van der Waals surface area contributed by atoms with Crippen molar-refractivity contribution in [1.82, 2.24) is 9.80 Å². The molecule has 0 rings (SSSR count).